The van der Waals surface area contributed by atoms with Crippen LogP contribution in [0.1, 0.15) is 0 Å². The Labute approximate surface area is 349 Å². The molecule has 0 fully saturated rings. The minimum atomic E-state index is 0.899. The maximum absolute atomic E-state index is 6.51. The molecule has 0 aliphatic carbocycles. The fourth-order valence-electron chi connectivity index (χ4n) is 8.92. The lowest BCUT2D eigenvalue weighted by Crippen LogP contribution is -2.10. The molecule has 11 aromatic rings. The largest absolute Gasteiger partial charge is 0.455 e. The van der Waals surface area contributed by atoms with E-state index in [0.29, 0.717) is 0 Å². The van der Waals surface area contributed by atoms with E-state index in [9.17, 15) is 0 Å². The topological polar surface area (TPSA) is 16.4 Å². The molecule has 0 spiro atoms. The molecule has 0 atom stereocenters. The van der Waals surface area contributed by atoms with Crippen LogP contribution in [0.2, 0.25) is 0 Å². The first-order valence-corrected chi connectivity index (χ1v) is 20.5. The number of hydrogen-bond acceptors (Lipinski definition) is 2. The smallest absolute Gasteiger partial charge is 0.143 e. The van der Waals surface area contributed by atoms with Gasteiger partial charge in [0.25, 0.3) is 0 Å². The van der Waals surface area contributed by atoms with Crippen molar-refractivity contribution in [1.82, 2.24) is 0 Å². The Hall–Kier alpha value is -7.94. The van der Waals surface area contributed by atoms with Gasteiger partial charge in [0.05, 0.1) is 5.69 Å². The second kappa shape index (κ2) is 15.1. The fraction of sp³-hybridized carbons (Fsp3) is 0. The van der Waals surface area contributed by atoms with E-state index in [4.69, 9.17) is 4.42 Å². The van der Waals surface area contributed by atoms with E-state index >= 15 is 0 Å². The van der Waals surface area contributed by atoms with E-state index in [1.165, 1.54) is 49.7 Å². The zero-order valence-corrected chi connectivity index (χ0v) is 32.9. The van der Waals surface area contributed by atoms with Gasteiger partial charge in [0.2, 0.25) is 0 Å². The summed E-state index contributed by atoms with van der Waals surface area (Å²) in [4.78, 5) is 2.39. The maximum Gasteiger partial charge on any atom is 0.143 e. The first-order chi connectivity index (χ1) is 29.8. The monoisotopic (exact) mass is 765 g/mol. The average Bonchev–Trinajstić information content (AvgIpc) is 3.72. The zero-order chi connectivity index (χ0) is 39.8. The number of para-hydroxylation sites is 2. The summed E-state index contributed by atoms with van der Waals surface area (Å²) in [6.07, 6.45) is 0. The molecule has 0 saturated heterocycles. The van der Waals surface area contributed by atoms with Crippen molar-refractivity contribution in [3.63, 3.8) is 0 Å². The highest BCUT2D eigenvalue weighted by molar-refractivity contribution is 6.10. The molecule has 60 heavy (non-hydrogen) atoms. The van der Waals surface area contributed by atoms with Gasteiger partial charge in [-0.15, -0.1) is 0 Å². The number of nitrogens with zero attached hydrogens (tertiary/aromatic N) is 1. The molecule has 2 heteroatoms. The third kappa shape index (κ3) is 6.23. The van der Waals surface area contributed by atoms with Crippen molar-refractivity contribution in [2.24, 2.45) is 0 Å². The number of benzene rings is 10. The van der Waals surface area contributed by atoms with Crippen LogP contribution in [0.15, 0.2) is 241 Å². The Morgan fingerprint density at radius 2 is 0.767 bits per heavy atom. The van der Waals surface area contributed by atoms with Crippen LogP contribution in [0.4, 0.5) is 17.1 Å². The first kappa shape index (κ1) is 35.2. The molecule has 10 aromatic carbocycles. The number of anilines is 3. The molecule has 1 aromatic heterocycles. The molecule has 0 radical (unpaired) electrons. The number of fused-ring (bicyclic) bond motifs is 4. The molecule has 0 amide bonds. The summed E-state index contributed by atoms with van der Waals surface area (Å²) in [5.74, 6) is 0. The van der Waals surface area contributed by atoms with Crippen LogP contribution in [0.25, 0.3) is 88.3 Å². The Morgan fingerprint density at radius 1 is 0.283 bits per heavy atom. The molecule has 0 bridgehead atoms. The maximum atomic E-state index is 6.51. The quantitative estimate of drug-likeness (QED) is 0.153. The van der Waals surface area contributed by atoms with Gasteiger partial charge in [-0.1, -0.05) is 200 Å². The van der Waals surface area contributed by atoms with Crippen molar-refractivity contribution >= 4 is 49.8 Å². The van der Waals surface area contributed by atoms with E-state index in [0.717, 1.165) is 55.7 Å². The Balaban J connectivity index is 1.03. The predicted octanol–water partition coefficient (Wildman–Crippen LogP) is 16.5. The Morgan fingerprint density at radius 3 is 1.48 bits per heavy atom. The summed E-state index contributed by atoms with van der Waals surface area (Å²) < 4.78 is 6.51. The number of furan rings is 1. The van der Waals surface area contributed by atoms with Crippen LogP contribution >= 0.6 is 0 Å². The summed E-state index contributed by atoms with van der Waals surface area (Å²) >= 11 is 0. The number of rotatable bonds is 8. The van der Waals surface area contributed by atoms with Crippen molar-refractivity contribution < 1.29 is 4.42 Å². The highest BCUT2D eigenvalue weighted by Gasteiger charge is 2.20. The molecule has 2 nitrogen and oxygen atoms in total. The van der Waals surface area contributed by atoms with Crippen molar-refractivity contribution in [3.05, 3.63) is 237 Å². The SMILES string of the molecule is c1ccc(-c2ccccc2-c2ccccc2-c2ccccc2-c2ccc(N(c3cccc(-c4cccc5c4oc4ccccc45)c3)c3cccc4ccccc34)cc2)cc1. The van der Waals surface area contributed by atoms with Crippen LogP contribution in [-0.4, -0.2) is 0 Å². The van der Waals surface area contributed by atoms with Gasteiger partial charge in [-0.25, -0.2) is 0 Å². The van der Waals surface area contributed by atoms with E-state index in [-0.39, 0.29) is 0 Å². The minimum absolute atomic E-state index is 0.899. The second-order valence-corrected chi connectivity index (χ2v) is 15.2. The third-order valence-corrected chi connectivity index (χ3v) is 11.7. The van der Waals surface area contributed by atoms with Gasteiger partial charge in [-0.3, -0.25) is 0 Å². The molecular weight excluding hydrogens is 727 g/mol. The summed E-state index contributed by atoms with van der Waals surface area (Å²) in [6.45, 7) is 0. The molecule has 0 saturated carbocycles. The molecule has 11 rings (SSSR count). The molecule has 0 aliphatic heterocycles. The van der Waals surface area contributed by atoms with Gasteiger partial charge in [-0.2, -0.15) is 0 Å². The second-order valence-electron chi connectivity index (χ2n) is 15.2. The minimum Gasteiger partial charge on any atom is -0.455 e. The molecule has 0 unspecified atom stereocenters. The van der Waals surface area contributed by atoms with Crippen molar-refractivity contribution in [2.75, 3.05) is 4.90 Å². The van der Waals surface area contributed by atoms with Crippen LogP contribution in [-0.2, 0) is 0 Å². The lowest BCUT2D eigenvalue weighted by Gasteiger charge is -2.27. The lowest BCUT2D eigenvalue weighted by molar-refractivity contribution is 0.670. The predicted molar refractivity (Wildman–Crippen MR) is 253 cm³/mol. The summed E-state index contributed by atoms with van der Waals surface area (Å²) in [7, 11) is 0. The first-order valence-electron chi connectivity index (χ1n) is 20.5. The number of hydrogen-bond donors (Lipinski definition) is 0. The van der Waals surface area contributed by atoms with Gasteiger partial charge >= 0.3 is 0 Å². The summed E-state index contributed by atoms with van der Waals surface area (Å²) in [6, 6.07) is 84.8. The van der Waals surface area contributed by atoms with Crippen molar-refractivity contribution in [2.45, 2.75) is 0 Å². The van der Waals surface area contributed by atoms with E-state index in [2.05, 4.69) is 229 Å². The fourth-order valence-corrected chi connectivity index (χ4v) is 8.92. The third-order valence-electron chi connectivity index (χ3n) is 11.7. The van der Waals surface area contributed by atoms with Gasteiger partial charge in [-0.05, 0) is 91.9 Å². The highest BCUT2D eigenvalue weighted by Crippen LogP contribution is 2.45. The Bertz CT molecular complexity index is 3320. The lowest BCUT2D eigenvalue weighted by atomic mass is 9.87. The molecule has 282 valence electrons. The zero-order valence-electron chi connectivity index (χ0n) is 32.9. The molecular formula is C58H39NO. The van der Waals surface area contributed by atoms with E-state index in [1.807, 2.05) is 12.1 Å². The standard InChI is InChI=1S/C58H39NO/c1-2-17-40(18-3-1)46-23-6-8-26-50(46)52-28-10-11-29-53(52)51-27-9-7-24-47(51)42-35-37-44(38-36-42)59(56-33-15-20-41-19-4-5-25-48(41)56)45-22-14-21-43(39-45)49-31-16-32-55-54-30-12-13-34-57(54)60-58(49)55/h1-39H. The van der Waals surface area contributed by atoms with Crippen molar-refractivity contribution in [1.29, 1.82) is 0 Å². The van der Waals surface area contributed by atoms with Gasteiger partial charge in [0.1, 0.15) is 11.2 Å². The van der Waals surface area contributed by atoms with Gasteiger partial charge in [0.15, 0.2) is 0 Å². The normalized spacial score (nSPS) is 11.3. The van der Waals surface area contributed by atoms with Crippen LogP contribution < -0.4 is 4.90 Å². The van der Waals surface area contributed by atoms with Gasteiger partial charge in [0, 0.05) is 33.1 Å². The molecule has 1 heterocycles. The van der Waals surface area contributed by atoms with Crippen LogP contribution in [0.3, 0.4) is 0 Å². The van der Waals surface area contributed by atoms with E-state index in [1.54, 1.807) is 0 Å². The molecule has 0 aliphatic rings. The van der Waals surface area contributed by atoms with Gasteiger partial charge < -0.3 is 9.32 Å². The average molecular weight is 766 g/mol. The summed E-state index contributed by atoms with van der Waals surface area (Å²) in [5.41, 5.74) is 16.8. The molecule has 0 N–H and O–H groups in total. The van der Waals surface area contributed by atoms with Crippen molar-refractivity contribution in [3.8, 4) is 55.6 Å². The van der Waals surface area contributed by atoms with Crippen LogP contribution in [0.5, 0.6) is 0 Å². The summed E-state index contributed by atoms with van der Waals surface area (Å²) in [5, 5.41) is 4.64. The van der Waals surface area contributed by atoms with Crippen LogP contribution in [0, 0.1) is 0 Å². The Kier molecular flexibility index (Phi) is 8.87. The van der Waals surface area contributed by atoms with E-state index < -0.39 is 0 Å². The highest BCUT2D eigenvalue weighted by atomic mass is 16.3.